The molecule has 6 nitrogen and oxygen atoms in total. The van der Waals surface area contributed by atoms with Gasteiger partial charge in [0.1, 0.15) is 0 Å². The number of methoxy groups -OCH3 is 1. The van der Waals surface area contributed by atoms with Crippen molar-refractivity contribution in [2.45, 2.75) is 45.8 Å². The molecule has 1 fully saturated rings. The zero-order valence-electron chi connectivity index (χ0n) is 13.0. The first-order valence-corrected chi connectivity index (χ1v) is 7.73. The summed E-state index contributed by atoms with van der Waals surface area (Å²) in [5, 5.41) is 0.154. The Morgan fingerprint density at radius 1 is 1.24 bits per heavy atom. The molecule has 1 aliphatic rings. The topological polar surface area (TPSA) is 60.4 Å². The summed E-state index contributed by atoms with van der Waals surface area (Å²) in [6, 6.07) is 0.621. The zero-order valence-corrected chi connectivity index (χ0v) is 13.8. The molecule has 1 heterocycles. The van der Waals surface area contributed by atoms with E-state index in [4.69, 9.17) is 21.1 Å². The standard InChI is InChI=1S/C14H23ClN4O2/c1-9(2)21-14-17-12(15)16-13(18-14)19(7-8-20-4)10(3)11-5-6-11/h9-11H,5-8H2,1-4H3. The van der Waals surface area contributed by atoms with Crippen LogP contribution in [0.25, 0.3) is 0 Å². The Labute approximate surface area is 130 Å². The van der Waals surface area contributed by atoms with Crippen molar-refractivity contribution in [3.63, 3.8) is 0 Å². The number of ether oxygens (including phenoxy) is 2. The van der Waals surface area contributed by atoms with Crippen LogP contribution in [0.4, 0.5) is 5.95 Å². The molecule has 0 radical (unpaired) electrons. The fourth-order valence-electron chi connectivity index (χ4n) is 2.22. The lowest BCUT2D eigenvalue weighted by atomic mass is 10.2. The molecule has 21 heavy (non-hydrogen) atoms. The Bertz CT molecular complexity index is 468. The molecule has 0 bridgehead atoms. The van der Waals surface area contributed by atoms with Gasteiger partial charge in [0.25, 0.3) is 0 Å². The Morgan fingerprint density at radius 3 is 2.52 bits per heavy atom. The molecule has 0 amide bonds. The van der Waals surface area contributed by atoms with Gasteiger partial charge in [0.2, 0.25) is 11.2 Å². The van der Waals surface area contributed by atoms with Gasteiger partial charge in [-0.2, -0.15) is 15.0 Å². The van der Waals surface area contributed by atoms with E-state index in [1.807, 2.05) is 13.8 Å². The van der Waals surface area contributed by atoms with E-state index < -0.39 is 0 Å². The minimum Gasteiger partial charge on any atom is -0.461 e. The largest absolute Gasteiger partial charge is 0.461 e. The van der Waals surface area contributed by atoms with Crippen molar-refractivity contribution in [3.8, 4) is 6.01 Å². The molecule has 0 saturated heterocycles. The Hall–Kier alpha value is -1.14. The van der Waals surface area contributed by atoms with Gasteiger partial charge in [-0.15, -0.1) is 0 Å². The molecule has 118 valence electrons. The van der Waals surface area contributed by atoms with E-state index in [1.165, 1.54) is 12.8 Å². The predicted octanol–water partition coefficient (Wildman–Crippen LogP) is 2.56. The maximum atomic E-state index is 6.01. The highest BCUT2D eigenvalue weighted by Gasteiger charge is 2.33. The van der Waals surface area contributed by atoms with E-state index in [1.54, 1.807) is 7.11 Å². The monoisotopic (exact) mass is 314 g/mol. The van der Waals surface area contributed by atoms with Crippen LogP contribution in [0.15, 0.2) is 0 Å². The first-order chi connectivity index (χ1) is 10.0. The van der Waals surface area contributed by atoms with Crippen LogP contribution >= 0.6 is 11.6 Å². The van der Waals surface area contributed by atoms with Gasteiger partial charge < -0.3 is 14.4 Å². The summed E-state index contributed by atoms with van der Waals surface area (Å²) < 4.78 is 10.7. The predicted molar refractivity (Wildman–Crippen MR) is 82.0 cm³/mol. The molecule has 1 unspecified atom stereocenters. The molecular weight excluding hydrogens is 292 g/mol. The third-order valence-corrected chi connectivity index (χ3v) is 3.68. The maximum Gasteiger partial charge on any atom is 0.322 e. The van der Waals surface area contributed by atoms with Gasteiger partial charge in [0.15, 0.2) is 0 Å². The summed E-state index contributed by atoms with van der Waals surface area (Å²) in [6.45, 7) is 7.37. The molecule has 1 saturated carbocycles. The molecule has 1 aromatic rings. The van der Waals surface area contributed by atoms with Crippen LogP contribution in [-0.4, -0.2) is 47.4 Å². The van der Waals surface area contributed by atoms with Gasteiger partial charge in [0, 0.05) is 19.7 Å². The van der Waals surface area contributed by atoms with Crippen LogP contribution < -0.4 is 9.64 Å². The molecule has 0 aromatic carbocycles. The van der Waals surface area contributed by atoms with E-state index in [9.17, 15) is 0 Å². The van der Waals surface area contributed by atoms with Gasteiger partial charge in [0.05, 0.1) is 12.7 Å². The quantitative estimate of drug-likeness (QED) is 0.735. The van der Waals surface area contributed by atoms with Crippen molar-refractivity contribution >= 4 is 17.5 Å². The normalized spacial score (nSPS) is 16.1. The van der Waals surface area contributed by atoms with Crippen LogP contribution in [0.5, 0.6) is 6.01 Å². The molecule has 1 aliphatic carbocycles. The third kappa shape index (κ3) is 4.68. The van der Waals surface area contributed by atoms with E-state index in [-0.39, 0.29) is 17.4 Å². The summed E-state index contributed by atoms with van der Waals surface area (Å²) >= 11 is 6.01. The fraction of sp³-hybridized carbons (Fsp3) is 0.786. The number of hydrogen-bond acceptors (Lipinski definition) is 6. The number of aromatic nitrogens is 3. The summed E-state index contributed by atoms with van der Waals surface area (Å²) in [6.07, 6.45) is 2.49. The average molecular weight is 315 g/mol. The summed E-state index contributed by atoms with van der Waals surface area (Å²) in [5.74, 6) is 1.24. The second-order valence-corrected chi connectivity index (χ2v) is 5.96. The van der Waals surface area contributed by atoms with Gasteiger partial charge in [-0.25, -0.2) is 0 Å². The first kappa shape index (κ1) is 16.2. The third-order valence-electron chi connectivity index (χ3n) is 3.51. The zero-order chi connectivity index (χ0) is 15.4. The lowest BCUT2D eigenvalue weighted by Crippen LogP contribution is -2.38. The maximum absolute atomic E-state index is 6.01. The number of nitrogens with zero attached hydrogens (tertiary/aromatic N) is 4. The van der Waals surface area contributed by atoms with Gasteiger partial charge in [-0.3, -0.25) is 0 Å². The number of anilines is 1. The van der Waals surface area contributed by atoms with Crippen LogP contribution in [0.3, 0.4) is 0 Å². The SMILES string of the molecule is COCCN(c1nc(Cl)nc(OC(C)C)n1)C(C)C1CC1. The van der Waals surface area contributed by atoms with Crippen LogP contribution in [0.2, 0.25) is 5.28 Å². The van der Waals surface area contributed by atoms with E-state index >= 15 is 0 Å². The highest BCUT2D eigenvalue weighted by molar-refractivity contribution is 6.28. The number of rotatable bonds is 8. The van der Waals surface area contributed by atoms with Crippen molar-refractivity contribution in [1.82, 2.24) is 15.0 Å². The van der Waals surface area contributed by atoms with Gasteiger partial charge >= 0.3 is 6.01 Å². The Morgan fingerprint density at radius 2 is 1.95 bits per heavy atom. The molecule has 0 N–H and O–H groups in total. The molecule has 0 aliphatic heterocycles. The highest BCUT2D eigenvalue weighted by Crippen LogP contribution is 2.36. The molecule has 7 heteroatoms. The summed E-state index contributed by atoms with van der Waals surface area (Å²) in [5.41, 5.74) is 0. The van der Waals surface area contributed by atoms with Crippen molar-refractivity contribution in [3.05, 3.63) is 5.28 Å². The van der Waals surface area contributed by atoms with Crippen LogP contribution in [-0.2, 0) is 4.74 Å². The number of halogens is 1. The van der Waals surface area contributed by atoms with Gasteiger partial charge in [-0.05, 0) is 51.1 Å². The molecule has 2 rings (SSSR count). The van der Waals surface area contributed by atoms with E-state index in [0.29, 0.717) is 24.5 Å². The molecule has 1 atom stereocenters. The van der Waals surface area contributed by atoms with Crippen molar-refractivity contribution in [1.29, 1.82) is 0 Å². The fourth-order valence-corrected chi connectivity index (χ4v) is 2.37. The van der Waals surface area contributed by atoms with Crippen LogP contribution in [0, 0.1) is 5.92 Å². The smallest absolute Gasteiger partial charge is 0.322 e. The Balaban J connectivity index is 2.22. The molecular formula is C14H23ClN4O2. The lowest BCUT2D eigenvalue weighted by Gasteiger charge is -2.29. The van der Waals surface area contributed by atoms with Crippen molar-refractivity contribution in [2.75, 3.05) is 25.2 Å². The molecule has 1 aromatic heterocycles. The second kappa shape index (κ2) is 7.22. The first-order valence-electron chi connectivity index (χ1n) is 7.35. The number of hydrogen-bond donors (Lipinski definition) is 0. The van der Waals surface area contributed by atoms with E-state index in [0.717, 1.165) is 6.54 Å². The minimum absolute atomic E-state index is 0.00963. The second-order valence-electron chi connectivity index (χ2n) is 5.62. The van der Waals surface area contributed by atoms with Crippen molar-refractivity contribution in [2.24, 2.45) is 5.92 Å². The Kier molecular flexibility index (Phi) is 5.58. The highest BCUT2D eigenvalue weighted by atomic mass is 35.5. The molecule has 0 spiro atoms. The van der Waals surface area contributed by atoms with Crippen LogP contribution in [0.1, 0.15) is 33.6 Å². The van der Waals surface area contributed by atoms with E-state index in [2.05, 4.69) is 26.8 Å². The average Bonchev–Trinajstić information content (AvgIpc) is 3.21. The lowest BCUT2D eigenvalue weighted by molar-refractivity contribution is 0.201. The van der Waals surface area contributed by atoms with Crippen molar-refractivity contribution < 1.29 is 9.47 Å². The minimum atomic E-state index is -0.00963. The summed E-state index contributed by atoms with van der Waals surface area (Å²) in [4.78, 5) is 14.8. The summed E-state index contributed by atoms with van der Waals surface area (Å²) in [7, 11) is 1.69. The van der Waals surface area contributed by atoms with Gasteiger partial charge in [-0.1, -0.05) is 0 Å².